The number of para-hydroxylation sites is 1. The summed E-state index contributed by atoms with van der Waals surface area (Å²) in [4.78, 5) is 13.0. The molecule has 0 spiro atoms. The predicted octanol–water partition coefficient (Wildman–Crippen LogP) is 4.77. The number of sulfonamides is 1. The Morgan fingerprint density at radius 1 is 0.972 bits per heavy atom. The van der Waals surface area contributed by atoms with Crippen LogP contribution in [0.1, 0.15) is 23.1 Å². The van der Waals surface area contributed by atoms with Gasteiger partial charge in [-0.15, -0.1) is 0 Å². The van der Waals surface area contributed by atoms with Gasteiger partial charge in [-0.1, -0.05) is 24.3 Å². The molecule has 190 valence electrons. The van der Waals surface area contributed by atoms with E-state index in [-0.39, 0.29) is 11.4 Å². The molecule has 0 aliphatic carbocycles. The average Bonchev–Trinajstić information content (AvgIpc) is 2.98. The van der Waals surface area contributed by atoms with Crippen molar-refractivity contribution in [1.29, 1.82) is 0 Å². The van der Waals surface area contributed by atoms with Gasteiger partial charge in [-0.2, -0.15) is 13.2 Å². The number of primary amides is 1. The number of alkyl halides is 3. The molecule has 0 radical (unpaired) electrons. The second-order valence-corrected chi connectivity index (χ2v) is 10.0. The molecule has 1 aliphatic rings. The number of nitrogens with one attached hydrogen (secondary N) is 1. The Balaban J connectivity index is 1.50. The van der Waals surface area contributed by atoms with Gasteiger partial charge in [0, 0.05) is 30.5 Å². The third-order valence-corrected chi connectivity index (χ3v) is 7.33. The normalized spacial score (nSPS) is 13.5. The first-order chi connectivity index (χ1) is 17.0. The summed E-state index contributed by atoms with van der Waals surface area (Å²) in [6, 6.07) is 16.5. The maximum absolute atomic E-state index is 12.8. The summed E-state index contributed by atoms with van der Waals surface area (Å²) < 4.78 is 71.0. The molecule has 3 aromatic rings. The molecule has 4 rings (SSSR count). The highest BCUT2D eigenvalue weighted by Gasteiger charge is 2.30. The Kier molecular flexibility index (Phi) is 7.23. The smallest absolute Gasteiger partial charge is 0.410 e. The molecule has 7 nitrogen and oxygen atoms in total. The fourth-order valence-corrected chi connectivity index (χ4v) is 5.24. The third-order valence-electron chi connectivity index (χ3n) is 5.85. The highest BCUT2D eigenvalue weighted by atomic mass is 32.2. The Bertz CT molecular complexity index is 1360. The molecule has 1 amide bonds. The van der Waals surface area contributed by atoms with Gasteiger partial charge in [-0.05, 0) is 66.8 Å². The van der Waals surface area contributed by atoms with Crippen molar-refractivity contribution < 1.29 is 31.1 Å². The van der Waals surface area contributed by atoms with E-state index in [0.29, 0.717) is 18.7 Å². The van der Waals surface area contributed by atoms with Gasteiger partial charge in [0.1, 0.15) is 5.75 Å². The van der Waals surface area contributed by atoms with Gasteiger partial charge in [0.15, 0.2) is 0 Å². The topological polar surface area (TPSA) is 102 Å². The molecule has 0 aromatic heterocycles. The molecule has 0 fully saturated rings. The number of nitrogens with two attached hydrogens (primary N) is 1. The molecule has 0 atom stereocenters. The lowest BCUT2D eigenvalue weighted by atomic mass is 10.0. The molecule has 1 heterocycles. The number of ether oxygens (including phenoxy) is 1. The lowest BCUT2D eigenvalue weighted by Gasteiger charge is -2.27. The van der Waals surface area contributed by atoms with Crippen LogP contribution in [0, 0.1) is 0 Å². The zero-order valence-electron chi connectivity index (χ0n) is 19.1. The number of aryl methyl sites for hydroxylation is 2. The number of carbonyl (C=O) groups excluding carboxylic acids is 1. The van der Waals surface area contributed by atoms with E-state index in [9.17, 15) is 26.4 Å². The molecule has 3 aromatic carbocycles. The molecule has 1 aliphatic heterocycles. The quantitative estimate of drug-likeness (QED) is 0.438. The molecule has 0 saturated carbocycles. The van der Waals surface area contributed by atoms with Gasteiger partial charge in [-0.25, -0.2) is 17.9 Å². The highest BCUT2D eigenvalue weighted by molar-refractivity contribution is 7.89. The number of hydrogen-bond acceptors (Lipinski definition) is 5. The Morgan fingerprint density at radius 3 is 2.31 bits per heavy atom. The molecular weight excluding hydrogens is 495 g/mol. The van der Waals surface area contributed by atoms with Crippen LogP contribution in [0.25, 0.3) is 0 Å². The van der Waals surface area contributed by atoms with Crippen LogP contribution in [0.2, 0.25) is 0 Å². The average molecular weight is 520 g/mol. The van der Waals surface area contributed by atoms with Crippen LogP contribution in [0.4, 0.5) is 29.3 Å². The van der Waals surface area contributed by atoms with Gasteiger partial charge < -0.3 is 15.4 Å². The van der Waals surface area contributed by atoms with Crippen LogP contribution in [-0.2, 0) is 29.0 Å². The van der Waals surface area contributed by atoms with E-state index in [1.807, 2.05) is 35.2 Å². The summed E-state index contributed by atoms with van der Waals surface area (Å²) in [7, 11) is -3.98. The molecule has 36 heavy (non-hydrogen) atoms. The van der Waals surface area contributed by atoms with Crippen LogP contribution in [0.5, 0.6) is 5.75 Å². The zero-order chi connectivity index (χ0) is 25.9. The van der Waals surface area contributed by atoms with E-state index in [4.69, 9.17) is 10.5 Å². The van der Waals surface area contributed by atoms with Crippen molar-refractivity contribution in [1.82, 2.24) is 4.72 Å². The number of nitrogens with zero attached hydrogens (tertiary/aromatic N) is 1. The van der Waals surface area contributed by atoms with Crippen molar-refractivity contribution in [2.45, 2.75) is 30.3 Å². The van der Waals surface area contributed by atoms with Crippen LogP contribution in [0.15, 0.2) is 71.6 Å². The third kappa shape index (κ3) is 5.80. The summed E-state index contributed by atoms with van der Waals surface area (Å²) in [6.45, 7) is 0.494. The van der Waals surface area contributed by atoms with Gasteiger partial charge in [-0.3, -0.25) is 0 Å². The molecule has 0 unspecified atom stereocenters. The number of halogens is 3. The van der Waals surface area contributed by atoms with E-state index in [2.05, 4.69) is 4.72 Å². The first-order valence-electron chi connectivity index (χ1n) is 11.2. The minimum absolute atomic E-state index is 0.0643. The number of carbonyl (C=O) groups is 1. The van der Waals surface area contributed by atoms with Gasteiger partial charge in [0.25, 0.3) is 0 Å². The summed E-state index contributed by atoms with van der Waals surface area (Å²) in [5.74, 6) is 0.300. The molecule has 3 N–H and O–H groups in total. The van der Waals surface area contributed by atoms with Crippen LogP contribution >= 0.6 is 0 Å². The minimum Gasteiger partial charge on any atom is -0.410 e. The van der Waals surface area contributed by atoms with Crippen molar-refractivity contribution in [3.63, 3.8) is 0 Å². The van der Waals surface area contributed by atoms with E-state index in [0.717, 1.165) is 59.6 Å². The van der Waals surface area contributed by atoms with Crippen molar-refractivity contribution in [3.05, 3.63) is 83.4 Å². The largest absolute Gasteiger partial charge is 0.416 e. The minimum atomic E-state index is -4.54. The second kappa shape index (κ2) is 10.2. The number of anilines is 2. The first kappa shape index (κ1) is 25.5. The lowest BCUT2D eigenvalue weighted by Crippen LogP contribution is -2.28. The summed E-state index contributed by atoms with van der Waals surface area (Å²) >= 11 is 0. The van der Waals surface area contributed by atoms with E-state index >= 15 is 0 Å². The standard InChI is InChI=1S/C25H24F3N3O4S/c26-25(27,28)19-9-12-21(13-10-19)36(33,34)30-14-3-15-31-22-5-2-1-4-17(22)6-7-18-8-11-20(16-23(18)31)35-24(29)32/h1-2,4-5,8-13,16,30H,3,6-7,14-15H2,(H2,29,32). The molecule has 0 bridgehead atoms. The maximum Gasteiger partial charge on any atom is 0.416 e. The fraction of sp³-hybridized carbons (Fsp3) is 0.240. The van der Waals surface area contributed by atoms with Gasteiger partial charge >= 0.3 is 12.3 Å². The first-order valence-corrected chi connectivity index (χ1v) is 12.7. The maximum atomic E-state index is 12.8. The monoisotopic (exact) mass is 519 g/mol. The van der Waals surface area contributed by atoms with Crippen LogP contribution in [-0.4, -0.2) is 27.6 Å². The number of rotatable bonds is 7. The summed E-state index contributed by atoms with van der Waals surface area (Å²) in [5, 5.41) is 0. The predicted molar refractivity (Wildman–Crippen MR) is 129 cm³/mol. The van der Waals surface area contributed by atoms with E-state index in [1.54, 1.807) is 12.1 Å². The van der Waals surface area contributed by atoms with Crippen molar-refractivity contribution in [2.75, 3.05) is 18.0 Å². The van der Waals surface area contributed by atoms with E-state index in [1.165, 1.54) is 0 Å². The number of fused-ring (bicyclic) bond motifs is 2. The number of amides is 1. The van der Waals surface area contributed by atoms with Gasteiger partial charge in [0.05, 0.1) is 10.5 Å². The van der Waals surface area contributed by atoms with E-state index < -0.39 is 27.9 Å². The Morgan fingerprint density at radius 2 is 1.64 bits per heavy atom. The SMILES string of the molecule is NC(=O)Oc1ccc2c(c1)N(CCCNS(=O)(=O)c1ccc(C(F)(F)F)cc1)c1ccccc1CC2. The Hall–Kier alpha value is -3.57. The zero-order valence-corrected chi connectivity index (χ0v) is 19.9. The fourth-order valence-electron chi connectivity index (χ4n) is 4.16. The van der Waals surface area contributed by atoms with Crippen molar-refractivity contribution in [3.8, 4) is 5.75 Å². The summed E-state index contributed by atoms with van der Waals surface area (Å²) in [6.07, 6.45) is -3.50. The van der Waals surface area contributed by atoms with Crippen molar-refractivity contribution >= 4 is 27.5 Å². The molecule has 11 heteroatoms. The van der Waals surface area contributed by atoms with Crippen molar-refractivity contribution in [2.24, 2.45) is 5.73 Å². The number of benzene rings is 3. The number of hydrogen-bond donors (Lipinski definition) is 2. The molecular formula is C25H24F3N3O4S. The van der Waals surface area contributed by atoms with Crippen LogP contribution in [0.3, 0.4) is 0 Å². The van der Waals surface area contributed by atoms with Gasteiger partial charge in [0.2, 0.25) is 10.0 Å². The molecule has 0 saturated heterocycles. The second-order valence-electron chi connectivity index (χ2n) is 8.27. The summed E-state index contributed by atoms with van der Waals surface area (Å²) in [5.41, 5.74) is 8.18. The lowest BCUT2D eigenvalue weighted by molar-refractivity contribution is -0.137. The Labute approximate surface area is 206 Å². The van der Waals surface area contributed by atoms with Crippen LogP contribution < -0.4 is 20.1 Å². The highest BCUT2D eigenvalue weighted by Crippen LogP contribution is 2.38.